The molecular weight excluding hydrogens is 437 g/mol. The Kier molecular flexibility index (Phi) is 6.65. The molecule has 162 valence electrons. The van der Waals surface area contributed by atoms with Crippen LogP contribution in [0.1, 0.15) is 15.9 Å². The van der Waals surface area contributed by atoms with Crippen LogP contribution in [0.25, 0.3) is 0 Å². The van der Waals surface area contributed by atoms with E-state index in [4.69, 9.17) is 0 Å². The number of halogens is 5. The highest BCUT2D eigenvalue weighted by atomic mass is 32.2. The third-order valence-corrected chi connectivity index (χ3v) is 4.81. The minimum absolute atomic E-state index is 0.0615. The van der Waals surface area contributed by atoms with Crippen molar-refractivity contribution in [2.24, 2.45) is 0 Å². The molecule has 0 fully saturated rings. The number of amides is 2. The summed E-state index contributed by atoms with van der Waals surface area (Å²) in [6.45, 7) is -0.541. The number of hydrogen-bond acceptors (Lipinski definition) is 4. The standard InChI is InChI=1S/C17H14F5N3O4S/c1-30(28,29)25(13-4-2-3-12(18)8-13)9-11-6-5-10(7-14(11)19)15(26)23-24-16(27)17(20,21)22/h2-8H,9H2,1H3,(H,23,26)(H,24,27). The predicted octanol–water partition coefficient (Wildman–Crippen LogP) is 2.25. The Hall–Kier alpha value is -3.22. The highest BCUT2D eigenvalue weighted by Gasteiger charge is 2.39. The van der Waals surface area contributed by atoms with Gasteiger partial charge in [-0.3, -0.25) is 24.7 Å². The summed E-state index contributed by atoms with van der Waals surface area (Å²) < 4.78 is 89.0. The number of hydrogen-bond donors (Lipinski definition) is 2. The first kappa shape index (κ1) is 23.1. The Bertz CT molecular complexity index is 1070. The third-order valence-electron chi connectivity index (χ3n) is 3.67. The number of anilines is 1. The molecule has 2 aromatic rings. The topological polar surface area (TPSA) is 95.6 Å². The minimum atomic E-state index is -5.23. The molecule has 0 saturated heterocycles. The molecule has 0 spiro atoms. The highest BCUT2D eigenvalue weighted by Crippen LogP contribution is 2.23. The fraction of sp³-hybridized carbons (Fsp3) is 0.176. The summed E-state index contributed by atoms with van der Waals surface area (Å²) in [6, 6.07) is 7.29. The molecule has 0 radical (unpaired) electrons. The van der Waals surface area contributed by atoms with Crippen molar-refractivity contribution < 1.29 is 40.0 Å². The second kappa shape index (κ2) is 8.65. The van der Waals surface area contributed by atoms with Crippen LogP contribution in [0, 0.1) is 11.6 Å². The molecule has 30 heavy (non-hydrogen) atoms. The van der Waals surface area contributed by atoms with Crippen LogP contribution in [0.2, 0.25) is 0 Å². The van der Waals surface area contributed by atoms with E-state index < -0.39 is 51.8 Å². The first-order chi connectivity index (χ1) is 13.8. The van der Waals surface area contributed by atoms with Gasteiger partial charge in [0.1, 0.15) is 11.6 Å². The highest BCUT2D eigenvalue weighted by molar-refractivity contribution is 7.92. The lowest BCUT2D eigenvalue weighted by molar-refractivity contribution is -0.174. The van der Waals surface area contributed by atoms with Gasteiger partial charge < -0.3 is 0 Å². The number of carbonyl (C=O) groups is 2. The van der Waals surface area contributed by atoms with Gasteiger partial charge in [0, 0.05) is 11.1 Å². The van der Waals surface area contributed by atoms with E-state index in [1.807, 2.05) is 0 Å². The van der Waals surface area contributed by atoms with E-state index in [0.29, 0.717) is 6.07 Å². The Morgan fingerprint density at radius 3 is 2.23 bits per heavy atom. The summed E-state index contributed by atoms with van der Waals surface area (Å²) in [5.41, 5.74) is 1.91. The van der Waals surface area contributed by atoms with Crippen LogP contribution in [-0.2, 0) is 21.4 Å². The van der Waals surface area contributed by atoms with Gasteiger partial charge in [-0.15, -0.1) is 0 Å². The largest absolute Gasteiger partial charge is 0.472 e. The predicted molar refractivity (Wildman–Crippen MR) is 95.5 cm³/mol. The van der Waals surface area contributed by atoms with Crippen molar-refractivity contribution in [2.45, 2.75) is 12.7 Å². The van der Waals surface area contributed by atoms with Gasteiger partial charge in [-0.1, -0.05) is 12.1 Å². The zero-order chi connectivity index (χ0) is 22.7. The lowest BCUT2D eigenvalue weighted by atomic mass is 10.1. The summed E-state index contributed by atoms with van der Waals surface area (Å²) in [5, 5.41) is 0. The fourth-order valence-corrected chi connectivity index (χ4v) is 3.13. The van der Waals surface area contributed by atoms with Gasteiger partial charge in [0.05, 0.1) is 18.5 Å². The summed E-state index contributed by atoms with van der Waals surface area (Å²) in [5.74, 6) is -5.42. The third kappa shape index (κ3) is 5.89. The first-order valence-electron chi connectivity index (χ1n) is 7.98. The molecule has 0 bridgehead atoms. The molecule has 7 nitrogen and oxygen atoms in total. The van der Waals surface area contributed by atoms with Crippen LogP contribution < -0.4 is 15.2 Å². The van der Waals surface area contributed by atoms with E-state index in [1.165, 1.54) is 17.6 Å². The van der Waals surface area contributed by atoms with Gasteiger partial charge in [-0.25, -0.2) is 17.2 Å². The number of sulfonamides is 1. The van der Waals surface area contributed by atoms with Gasteiger partial charge in [0.2, 0.25) is 10.0 Å². The zero-order valence-corrected chi connectivity index (χ0v) is 15.9. The van der Waals surface area contributed by atoms with Crippen molar-refractivity contribution in [1.82, 2.24) is 10.9 Å². The van der Waals surface area contributed by atoms with Crippen LogP contribution in [0.3, 0.4) is 0 Å². The molecule has 2 aromatic carbocycles. The van der Waals surface area contributed by atoms with Crippen molar-refractivity contribution in [1.29, 1.82) is 0 Å². The van der Waals surface area contributed by atoms with E-state index in [1.54, 1.807) is 0 Å². The van der Waals surface area contributed by atoms with Crippen LogP contribution in [-0.4, -0.2) is 32.7 Å². The average Bonchev–Trinajstić information content (AvgIpc) is 2.62. The number of benzene rings is 2. The lowest BCUT2D eigenvalue weighted by Gasteiger charge is -2.23. The van der Waals surface area contributed by atoms with Crippen molar-refractivity contribution in [2.75, 3.05) is 10.6 Å². The molecular formula is C17H14F5N3O4S. The number of hydrazine groups is 1. The molecule has 0 aliphatic rings. The van der Waals surface area contributed by atoms with Crippen LogP contribution in [0.5, 0.6) is 0 Å². The molecule has 0 unspecified atom stereocenters. The zero-order valence-electron chi connectivity index (χ0n) is 15.1. The van der Waals surface area contributed by atoms with Gasteiger partial charge >= 0.3 is 12.1 Å². The monoisotopic (exact) mass is 451 g/mol. The first-order valence-corrected chi connectivity index (χ1v) is 9.83. The second-order valence-electron chi connectivity index (χ2n) is 5.96. The molecule has 0 aromatic heterocycles. The van der Waals surface area contributed by atoms with Crippen molar-refractivity contribution in [3.05, 3.63) is 65.2 Å². The molecule has 2 rings (SSSR count). The second-order valence-corrected chi connectivity index (χ2v) is 7.87. The van der Waals surface area contributed by atoms with Gasteiger partial charge in [0.25, 0.3) is 5.91 Å². The smallest absolute Gasteiger partial charge is 0.267 e. The molecule has 0 atom stereocenters. The summed E-state index contributed by atoms with van der Waals surface area (Å²) in [7, 11) is -3.94. The quantitative estimate of drug-likeness (QED) is 0.539. The lowest BCUT2D eigenvalue weighted by Crippen LogP contribution is -2.47. The Morgan fingerprint density at radius 2 is 1.70 bits per heavy atom. The Labute approximate surface area is 167 Å². The Morgan fingerprint density at radius 1 is 1.03 bits per heavy atom. The SMILES string of the molecule is CS(=O)(=O)N(Cc1ccc(C(=O)NNC(=O)C(F)(F)F)cc1F)c1cccc(F)c1. The van der Waals surface area contributed by atoms with Gasteiger partial charge in [0.15, 0.2) is 0 Å². The van der Waals surface area contributed by atoms with Crippen LogP contribution in [0.4, 0.5) is 27.6 Å². The number of carbonyl (C=O) groups excluding carboxylic acids is 2. The average molecular weight is 451 g/mol. The maximum Gasteiger partial charge on any atom is 0.472 e. The number of nitrogens with one attached hydrogen (secondary N) is 2. The number of alkyl halides is 3. The molecule has 0 saturated carbocycles. The van der Waals surface area contributed by atoms with Crippen molar-refractivity contribution in [3.8, 4) is 0 Å². The van der Waals surface area contributed by atoms with E-state index in [-0.39, 0.29) is 11.3 Å². The van der Waals surface area contributed by atoms with Crippen LogP contribution in [0.15, 0.2) is 42.5 Å². The number of nitrogens with zero attached hydrogens (tertiary/aromatic N) is 1. The molecule has 0 heterocycles. The maximum absolute atomic E-state index is 14.4. The molecule has 0 aliphatic carbocycles. The summed E-state index contributed by atoms with van der Waals surface area (Å²) in [4.78, 5) is 22.5. The number of rotatable bonds is 5. The van der Waals surface area contributed by atoms with Crippen molar-refractivity contribution >= 4 is 27.5 Å². The fourth-order valence-electron chi connectivity index (χ4n) is 2.26. The normalized spacial score (nSPS) is 11.7. The van der Waals surface area contributed by atoms with Gasteiger partial charge in [-0.05, 0) is 30.3 Å². The summed E-state index contributed by atoms with van der Waals surface area (Å²) in [6.07, 6.45) is -4.39. The van der Waals surface area contributed by atoms with Gasteiger partial charge in [-0.2, -0.15) is 13.2 Å². The molecule has 13 heteroatoms. The molecule has 2 N–H and O–H groups in total. The molecule has 0 aliphatic heterocycles. The molecule has 2 amide bonds. The van der Waals surface area contributed by atoms with E-state index in [0.717, 1.165) is 40.3 Å². The van der Waals surface area contributed by atoms with E-state index >= 15 is 0 Å². The van der Waals surface area contributed by atoms with E-state index in [9.17, 15) is 40.0 Å². The Balaban J connectivity index is 2.21. The minimum Gasteiger partial charge on any atom is -0.267 e. The maximum atomic E-state index is 14.4. The van der Waals surface area contributed by atoms with Crippen molar-refractivity contribution in [3.63, 3.8) is 0 Å². The van der Waals surface area contributed by atoms with Crippen LogP contribution >= 0.6 is 0 Å². The summed E-state index contributed by atoms with van der Waals surface area (Å²) >= 11 is 0. The van der Waals surface area contributed by atoms with E-state index in [2.05, 4.69) is 0 Å².